The molecule has 2 aromatic carbocycles. The summed E-state index contributed by atoms with van der Waals surface area (Å²) in [4.78, 5) is 57.6. The molecule has 0 bridgehead atoms. The molecule has 9 heteroatoms. The Bertz CT molecular complexity index is 1260. The molecule has 5 rings (SSSR count). The van der Waals surface area contributed by atoms with Gasteiger partial charge in [0, 0.05) is 31.2 Å². The first-order chi connectivity index (χ1) is 18.4. The van der Waals surface area contributed by atoms with Gasteiger partial charge in [0.2, 0.25) is 5.91 Å². The SMILES string of the molecule is CCOC(=O)[C@@H]1CCCN(C(=O)[C@@H]2CCCN(c3cccc4c3C(=O)N(Cc3ccccc3Cl)C4=O)C2)C1. The highest BCUT2D eigenvalue weighted by Crippen LogP contribution is 2.35. The quantitative estimate of drug-likeness (QED) is 0.406. The number of rotatable bonds is 6. The number of amides is 3. The summed E-state index contributed by atoms with van der Waals surface area (Å²) in [6, 6.07) is 12.5. The van der Waals surface area contributed by atoms with Crippen LogP contribution in [0.25, 0.3) is 0 Å². The maximum Gasteiger partial charge on any atom is 0.310 e. The molecule has 0 aromatic heterocycles. The molecular weight excluding hydrogens is 506 g/mol. The summed E-state index contributed by atoms with van der Waals surface area (Å²) < 4.78 is 5.19. The molecular formula is C29H32ClN3O5. The largest absolute Gasteiger partial charge is 0.466 e. The fraction of sp³-hybridized carbons (Fsp3) is 0.448. The summed E-state index contributed by atoms with van der Waals surface area (Å²) in [5.74, 6) is -1.40. The minimum atomic E-state index is -0.345. The Morgan fingerprint density at radius 2 is 1.71 bits per heavy atom. The molecule has 38 heavy (non-hydrogen) atoms. The number of halogens is 1. The number of nitrogens with zero attached hydrogens (tertiary/aromatic N) is 3. The van der Waals surface area contributed by atoms with Crippen LogP contribution in [0.4, 0.5) is 5.69 Å². The molecule has 3 amide bonds. The van der Waals surface area contributed by atoms with Crippen LogP contribution in [0.3, 0.4) is 0 Å². The van der Waals surface area contributed by atoms with Crippen molar-refractivity contribution in [3.05, 3.63) is 64.2 Å². The molecule has 8 nitrogen and oxygen atoms in total. The molecule has 0 spiro atoms. The molecule has 3 aliphatic rings. The van der Waals surface area contributed by atoms with Crippen molar-refractivity contribution in [2.75, 3.05) is 37.7 Å². The zero-order chi connectivity index (χ0) is 26.8. The minimum Gasteiger partial charge on any atom is -0.466 e. The minimum absolute atomic E-state index is 0.0408. The highest BCUT2D eigenvalue weighted by molar-refractivity contribution is 6.31. The van der Waals surface area contributed by atoms with Crippen molar-refractivity contribution in [3.63, 3.8) is 0 Å². The summed E-state index contributed by atoms with van der Waals surface area (Å²) in [6.45, 7) is 4.39. The number of hydrogen-bond donors (Lipinski definition) is 0. The van der Waals surface area contributed by atoms with Gasteiger partial charge in [-0.15, -0.1) is 0 Å². The Morgan fingerprint density at radius 1 is 0.947 bits per heavy atom. The standard InChI is InChI=1S/C29H32ClN3O5/c1-2-38-29(37)21-10-7-15-32(17-21)26(34)20-9-6-14-31(16-20)24-13-5-11-22-25(24)28(36)33(27(22)35)18-19-8-3-4-12-23(19)30/h3-5,8,11-13,20-21H,2,6-7,9-10,14-18H2,1H3/t20-,21-/m1/s1. The topological polar surface area (TPSA) is 87.2 Å². The van der Waals surface area contributed by atoms with Gasteiger partial charge in [0.05, 0.1) is 41.8 Å². The third-order valence-electron chi connectivity index (χ3n) is 7.73. The van der Waals surface area contributed by atoms with Crippen molar-refractivity contribution in [1.82, 2.24) is 9.80 Å². The summed E-state index contributed by atoms with van der Waals surface area (Å²) in [5, 5.41) is 0.504. The van der Waals surface area contributed by atoms with Crippen molar-refractivity contribution >= 4 is 41.0 Å². The first-order valence-electron chi connectivity index (χ1n) is 13.3. The predicted octanol–water partition coefficient (Wildman–Crippen LogP) is 4.15. The normalized spacial score (nSPS) is 21.5. The van der Waals surface area contributed by atoms with Gasteiger partial charge in [-0.1, -0.05) is 35.9 Å². The second kappa shape index (κ2) is 11.2. The number of imide groups is 1. The first-order valence-corrected chi connectivity index (χ1v) is 13.7. The summed E-state index contributed by atoms with van der Waals surface area (Å²) in [5.41, 5.74) is 2.15. The summed E-state index contributed by atoms with van der Waals surface area (Å²) >= 11 is 6.30. The fourth-order valence-corrected chi connectivity index (χ4v) is 6.00. The molecule has 0 aliphatic carbocycles. The van der Waals surface area contributed by atoms with E-state index in [9.17, 15) is 19.2 Å². The van der Waals surface area contributed by atoms with Gasteiger partial charge in [-0.3, -0.25) is 24.1 Å². The van der Waals surface area contributed by atoms with Crippen molar-refractivity contribution < 1.29 is 23.9 Å². The zero-order valence-corrected chi connectivity index (χ0v) is 22.3. The van der Waals surface area contributed by atoms with Gasteiger partial charge in [0.25, 0.3) is 11.8 Å². The highest BCUT2D eigenvalue weighted by Gasteiger charge is 2.40. The summed E-state index contributed by atoms with van der Waals surface area (Å²) in [6.07, 6.45) is 3.04. The van der Waals surface area contributed by atoms with Gasteiger partial charge in [-0.2, -0.15) is 0 Å². The zero-order valence-electron chi connectivity index (χ0n) is 21.5. The van der Waals surface area contributed by atoms with Gasteiger partial charge >= 0.3 is 5.97 Å². The molecule has 2 saturated heterocycles. The van der Waals surface area contributed by atoms with E-state index in [-0.39, 0.29) is 42.1 Å². The smallest absolute Gasteiger partial charge is 0.310 e. The lowest BCUT2D eigenvalue weighted by Crippen LogP contribution is -2.49. The number of piperidine rings is 2. The average molecular weight is 538 g/mol. The van der Waals surface area contributed by atoms with Gasteiger partial charge in [0.15, 0.2) is 0 Å². The van der Waals surface area contributed by atoms with Crippen LogP contribution in [0.5, 0.6) is 0 Å². The Hall–Kier alpha value is -3.39. The second-order valence-electron chi connectivity index (χ2n) is 10.1. The predicted molar refractivity (Wildman–Crippen MR) is 143 cm³/mol. The van der Waals surface area contributed by atoms with Crippen molar-refractivity contribution in [1.29, 1.82) is 0 Å². The number of benzene rings is 2. The molecule has 0 unspecified atom stereocenters. The van der Waals surface area contributed by atoms with E-state index in [1.54, 1.807) is 42.2 Å². The Morgan fingerprint density at radius 3 is 2.50 bits per heavy atom. The molecule has 2 atom stereocenters. The number of carbonyl (C=O) groups is 4. The van der Waals surface area contributed by atoms with E-state index in [4.69, 9.17) is 16.3 Å². The molecule has 2 fully saturated rings. The van der Waals surface area contributed by atoms with E-state index < -0.39 is 0 Å². The van der Waals surface area contributed by atoms with Gasteiger partial charge in [-0.25, -0.2) is 0 Å². The number of likely N-dealkylation sites (tertiary alicyclic amines) is 1. The van der Waals surface area contributed by atoms with E-state index >= 15 is 0 Å². The van der Waals surface area contributed by atoms with Crippen LogP contribution in [0.2, 0.25) is 5.02 Å². The summed E-state index contributed by atoms with van der Waals surface area (Å²) in [7, 11) is 0. The molecule has 2 aromatic rings. The Balaban J connectivity index is 1.32. The fourth-order valence-electron chi connectivity index (χ4n) is 5.81. The molecule has 0 saturated carbocycles. The number of esters is 1. The van der Waals surface area contributed by atoms with Crippen LogP contribution < -0.4 is 4.90 Å². The number of ether oxygens (including phenoxy) is 1. The van der Waals surface area contributed by atoms with E-state index in [0.29, 0.717) is 60.2 Å². The third-order valence-corrected chi connectivity index (χ3v) is 8.10. The van der Waals surface area contributed by atoms with Gasteiger partial charge < -0.3 is 14.5 Å². The lowest BCUT2D eigenvalue weighted by Gasteiger charge is -2.39. The van der Waals surface area contributed by atoms with E-state index in [1.165, 1.54) is 4.90 Å². The van der Waals surface area contributed by atoms with E-state index in [0.717, 1.165) is 25.7 Å². The Kier molecular flexibility index (Phi) is 7.70. The maximum absolute atomic E-state index is 13.5. The lowest BCUT2D eigenvalue weighted by molar-refractivity contribution is -0.152. The van der Waals surface area contributed by atoms with Crippen molar-refractivity contribution in [2.45, 2.75) is 39.2 Å². The van der Waals surface area contributed by atoms with Crippen molar-refractivity contribution in [3.8, 4) is 0 Å². The lowest BCUT2D eigenvalue weighted by atomic mass is 9.92. The van der Waals surface area contributed by atoms with Crippen LogP contribution in [-0.2, 0) is 20.9 Å². The van der Waals surface area contributed by atoms with Gasteiger partial charge in [0.1, 0.15) is 0 Å². The van der Waals surface area contributed by atoms with Crippen LogP contribution in [0.15, 0.2) is 42.5 Å². The second-order valence-corrected chi connectivity index (χ2v) is 10.6. The van der Waals surface area contributed by atoms with Crippen LogP contribution in [0, 0.1) is 11.8 Å². The molecule has 0 N–H and O–H groups in total. The van der Waals surface area contributed by atoms with Crippen LogP contribution in [0.1, 0.15) is 58.9 Å². The third kappa shape index (κ3) is 5.01. The molecule has 0 radical (unpaired) electrons. The van der Waals surface area contributed by atoms with Crippen LogP contribution in [-0.4, -0.2) is 66.3 Å². The number of carbonyl (C=O) groups excluding carboxylic acids is 4. The van der Waals surface area contributed by atoms with Crippen molar-refractivity contribution in [2.24, 2.45) is 11.8 Å². The first kappa shape index (κ1) is 26.2. The number of fused-ring (bicyclic) bond motifs is 1. The average Bonchev–Trinajstić information content (AvgIpc) is 3.19. The number of hydrogen-bond acceptors (Lipinski definition) is 6. The molecule has 3 heterocycles. The maximum atomic E-state index is 13.5. The molecule has 200 valence electrons. The highest BCUT2D eigenvalue weighted by atomic mass is 35.5. The van der Waals surface area contributed by atoms with E-state index in [2.05, 4.69) is 4.90 Å². The molecule has 3 aliphatic heterocycles. The van der Waals surface area contributed by atoms with Gasteiger partial charge in [-0.05, 0) is 56.4 Å². The number of anilines is 1. The van der Waals surface area contributed by atoms with Crippen LogP contribution >= 0.6 is 11.6 Å². The Labute approximate surface area is 227 Å². The monoisotopic (exact) mass is 537 g/mol. The van der Waals surface area contributed by atoms with E-state index in [1.807, 2.05) is 12.1 Å².